The molecular weight excluding hydrogens is 191 g/mol. The molecule has 0 bridgehead atoms. The Bertz CT molecular complexity index is 494. The van der Waals surface area contributed by atoms with Crippen molar-refractivity contribution in [2.45, 2.75) is 0 Å². The number of hydrogen-bond donors (Lipinski definition) is 0. The van der Waals surface area contributed by atoms with Crippen molar-refractivity contribution in [2.75, 3.05) is 0 Å². The van der Waals surface area contributed by atoms with Gasteiger partial charge in [0.2, 0.25) is 0 Å². The van der Waals surface area contributed by atoms with E-state index in [0.717, 1.165) is 0 Å². The van der Waals surface area contributed by atoms with E-state index in [1.54, 1.807) is 0 Å². The van der Waals surface area contributed by atoms with Crippen LogP contribution in [0.4, 0.5) is 0 Å². The van der Waals surface area contributed by atoms with Gasteiger partial charge < -0.3 is 0 Å². The summed E-state index contributed by atoms with van der Waals surface area (Å²) in [5.41, 5.74) is 0. The van der Waals surface area contributed by atoms with Crippen molar-refractivity contribution in [1.82, 2.24) is 0 Å². The average Bonchev–Trinajstić information content (AvgIpc) is 2.26. The van der Waals surface area contributed by atoms with Gasteiger partial charge in [-0.15, -0.1) is 0 Å². The van der Waals surface area contributed by atoms with Crippen LogP contribution in [-0.2, 0) is 0 Å². The number of benzene rings is 3. The first kappa shape index (κ1) is 10.7. The van der Waals surface area contributed by atoms with Crippen LogP contribution in [0.3, 0.4) is 0 Å². The summed E-state index contributed by atoms with van der Waals surface area (Å²) in [7, 11) is 0. The largest absolute Gasteiger partial charge is 0.0616 e. The first-order valence-electron chi connectivity index (χ1n) is 4.81. The molecule has 1 heteroatoms. The molecule has 0 saturated carbocycles. The topological polar surface area (TPSA) is 0 Å². The van der Waals surface area contributed by atoms with Crippen LogP contribution in [0.25, 0.3) is 21.5 Å². The second-order valence-electron chi connectivity index (χ2n) is 3.55. The molecule has 0 spiro atoms. The van der Waals surface area contributed by atoms with E-state index in [-0.39, 0.29) is 29.6 Å². The molecule has 0 heterocycles. The first-order chi connectivity index (χ1) is 6.93. The Balaban J connectivity index is 0.000000853. The molecular formula is C14H11Na. The summed E-state index contributed by atoms with van der Waals surface area (Å²) in [4.78, 5) is 0. The van der Waals surface area contributed by atoms with Crippen LogP contribution >= 0.6 is 0 Å². The molecule has 3 aromatic rings. The van der Waals surface area contributed by atoms with Crippen LogP contribution in [0.2, 0.25) is 0 Å². The quantitative estimate of drug-likeness (QED) is 0.387. The average molecular weight is 202 g/mol. The summed E-state index contributed by atoms with van der Waals surface area (Å²) in [6, 6.07) is 21.4. The molecule has 0 atom stereocenters. The minimum Gasteiger partial charge on any atom is -0.0616 e. The number of hydrogen-bond acceptors (Lipinski definition) is 0. The zero-order valence-electron chi connectivity index (χ0n) is 7.77. The van der Waals surface area contributed by atoms with Crippen molar-refractivity contribution in [3.63, 3.8) is 0 Å². The SMILES string of the molecule is [NaH].c1ccc2cc3ccccc3cc2c1. The van der Waals surface area contributed by atoms with E-state index in [4.69, 9.17) is 0 Å². The zero-order valence-corrected chi connectivity index (χ0v) is 7.77. The molecule has 0 radical (unpaired) electrons. The number of fused-ring (bicyclic) bond motifs is 2. The third-order valence-corrected chi connectivity index (χ3v) is 2.61. The van der Waals surface area contributed by atoms with Crippen LogP contribution in [0.5, 0.6) is 0 Å². The van der Waals surface area contributed by atoms with Crippen LogP contribution in [-0.4, -0.2) is 29.6 Å². The van der Waals surface area contributed by atoms with Crippen LogP contribution in [0, 0.1) is 0 Å². The van der Waals surface area contributed by atoms with Gasteiger partial charge in [-0.2, -0.15) is 0 Å². The Kier molecular flexibility index (Phi) is 3.11. The summed E-state index contributed by atoms with van der Waals surface area (Å²) in [6.45, 7) is 0. The summed E-state index contributed by atoms with van der Waals surface area (Å²) >= 11 is 0. The Morgan fingerprint density at radius 1 is 0.467 bits per heavy atom. The fourth-order valence-corrected chi connectivity index (χ4v) is 1.88. The molecule has 15 heavy (non-hydrogen) atoms. The fraction of sp³-hybridized carbons (Fsp3) is 0. The fourth-order valence-electron chi connectivity index (χ4n) is 1.88. The molecule has 68 valence electrons. The molecule has 0 N–H and O–H groups in total. The molecule has 0 fully saturated rings. The van der Waals surface area contributed by atoms with Crippen molar-refractivity contribution < 1.29 is 0 Å². The smallest absolute Gasteiger partial charge is 0.0178 e. The monoisotopic (exact) mass is 202 g/mol. The second-order valence-corrected chi connectivity index (χ2v) is 3.55. The molecule has 0 aromatic heterocycles. The van der Waals surface area contributed by atoms with Crippen molar-refractivity contribution >= 4 is 51.1 Å². The van der Waals surface area contributed by atoms with E-state index < -0.39 is 0 Å². The van der Waals surface area contributed by atoms with Gasteiger partial charge in [0, 0.05) is 0 Å². The van der Waals surface area contributed by atoms with E-state index >= 15 is 0 Å². The van der Waals surface area contributed by atoms with E-state index in [1.165, 1.54) is 21.5 Å². The van der Waals surface area contributed by atoms with E-state index in [0.29, 0.717) is 0 Å². The predicted molar refractivity (Wildman–Crippen MR) is 68.6 cm³/mol. The molecule has 0 aliphatic rings. The van der Waals surface area contributed by atoms with Crippen LogP contribution in [0.15, 0.2) is 60.7 Å². The molecule has 0 nitrogen and oxygen atoms in total. The maximum Gasteiger partial charge on any atom is -0.0178 e. The van der Waals surface area contributed by atoms with Gasteiger partial charge >= 0.3 is 29.6 Å². The van der Waals surface area contributed by atoms with Crippen molar-refractivity contribution in [3.05, 3.63) is 60.7 Å². The third kappa shape index (κ3) is 1.93. The van der Waals surface area contributed by atoms with Gasteiger partial charge in [-0.25, -0.2) is 0 Å². The minimum absolute atomic E-state index is 0. The van der Waals surface area contributed by atoms with Gasteiger partial charge in [-0.05, 0) is 33.7 Å². The Morgan fingerprint density at radius 3 is 1.00 bits per heavy atom. The maximum atomic E-state index is 2.24. The molecule has 0 aliphatic heterocycles. The van der Waals surface area contributed by atoms with E-state index in [2.05, 4.69) is 60.7 Å². The predicted octanol–water partition coefficient (Wildman–Crippen LogP) is 3.34. The summed E-state index contributed by atoms with van der Waals surface area (Å²) in [5.74, 6) is 0. The Morgan fingerprint density at radius 2 is 0.733 bits per heavy atom. The number of rotatable bonds is 0. The van der Waals surface area contributed by atoms with Crippen molar-refractivity contribution in [1.29, 1.82) is 0 Å². The molecule has 3 rings (SSSR count). The van der Waals surface area contributed by atoms with Gasteiger partial charge in [-0.1, -0.05) is 48.5 Å². The van der Waals surface area contributed by atoms with Gasteiger partial charge in [0.15, 0.2) is 0 Å². The van der Waals surface area contributed by atoms with Gasteiger partial charge in [-0.3, -0.25) is 0 Å². The third-order valence-electron chi connectivity index (χ3n) is 2.61. The molecule has 3 aromatic carbocycles. The van der Waals surface area contributed by atoms with Crippen molar-refractivity contribution in [2.24, 2.45) is 0 Å². The Hall–Kier alpha value is -0.820. The Labute approximate surface area is 111 Å². The second kappa shape index (κ2) is 4.36. The maximum absolute atomic E-state index is 2.24. The summed E-state index contributed by atoms with van der Waals surface area (Å²) in [5, 5.41) is 5.25. The molecule has 0 unspecified atom stereocenters. The van der Waals surface area contributed by atoms with Gasteiger partial charge in [0.1, 0.15) is 0 Å². The van der Waals surface area contributed by atoms with E-state index in [9.17, 15) is 0 Å². The van der Waals surface area contributed by atoms with Crippen molar-refractivity contribution in [3.8, 4) is 0 Å². The summed E-state index contributed by atoms with van der Waals surface area (Å²) in [6.07, 6.45) is 0. The molecule has 0 amide bonds. The van der Waals surface area contributed by atoms with Crippen LogP contribution < -0.4 is 0 Å². The summed E-state index contributed by atoms with van der Waals surface area (Å²) < 4.78 is 0. The molecule has 0 aliphatic carbocycles. The zero-order chi connectivity index (χ0) is 9.38. The van der Waals surface area contributed by atoms with Gasteiger partial charge in [0.25, 0.3) is 0 Å². The normalized spacial score (nSPS) is 10.1. The molecule has 0 saturated heterocycles. The van der Waals surface area contributed by atoms with E-state index in [1.807, 2.05) is 0 Å². The standard InChI is InChI=1S/C14H10.Na.H/c1-2-6-12-10-14-8-4-3-7-13(14)9-11(12)5-1;;/h1-10H;;. The first-order valence-corrected chi connectivity index (χ1v) is 4.81. The van der Waals surface area contributed by atoms with Crippen LogP contribution in [0.1, 0.15) is 0 Å². The van der Waals surface area contributed by atoms with Gasteiger partial charge in [0.05, 0.1) is 0 Å². The minimum atomic E-state index is 0.